The van der Waals surface area contributed by atoms with Crippen molar-refractivity contribution in [3.8, 4) is 0 Å². The highest BCUT2D eigenvalue weighted by Crippen LogP contribution is 2.70. The van der Waals surface area contributed by atoms with E-state index in [0.29, 0.717) is 5.75 Å². The van der Waals surface area contributed by atoms with Crippen LogP contribution in [-0.4, -0.2) is 43.3 Å². The Morgan fingerprint density at radius 3 is 1.48 bits per heavy atom. The number of unbranched alkanes of at least 4 members (excludes halogenated alkanes) is 5. The first-order valence-electron chi connectivity index (χ1n) is 10.3. The van der Waals surface area contributed by atoms with E-state index in [-0.39, 0.29) is 26.4 Å². The summed E-state index contributed by atoms with van der Waals surface area (Å²) < 4.78 is 48.6. The van der Waals surface area contributed by atoms with Crippen LogP contribution in [0.2, 0.25) is 0 Å². The fourth-order valence-electron chi connectivity index (χ4n) is 2.67. The van der Waals surface area contributed by atoms with Gasteiger partial charge in [0.1, 0.15) is 0 Å². The molecule has 0 N–H and O–H groups in total. The Morgan fingerprint density at radius 2 is 1.07 bits per heavy atom. The first-order valence-corrected chi connectivity index (χ1v) is 14.7. The van der Waals surface area contributed by atoms with Gasteiger partial charge in [0.2, 0.25) is 0 Å². The number of hydrogen-bond acceptors (Lipinski definition) is 7. The van der Waals surface area contributed by atoms with E-state index in [1.807, 2.05) is 0 Å². The largest absolute Gasteiger partial charge is 0.346 e. The lowest BCUT2D eigenvalue weighted by molar-refractivity contribution is 0.197. The molecule has 0 atom stereocenters. The molecule has 0 aliphatic heterocycles. The second-order valence-corrected chi connectivity index (χ2v) is 12.1. The third-order valence-corrected chi connectivity index (χ3v) is 11.5. The third-order valence-electron chi connectivity index (χ3n) is 3.88. The normalized spacial score (nSPS) is 12.8. The molecule has 0 amide bonds. The van der Waals surface area contributed by atoms with Gasteiger partial charge in [0, 0.05) is 5.75 Å². The van der Waals surface area contributed by atoms with Crippen LogP contribution in [0.1, 0.15) is 73.1 Å². The molecule has 0 aromatic heterocycles. The Hall–Kier alpha value is 0.650. The average molecular weight is 447 g/mol. The van der Waals surface area contributed by atoms with Crippen LogP contribution in [0.5, 0.6) is 0 Å². The highest BCUT2D eigenvalue weighted by atomic mass is 32.2. The van der Waals surface area contributed by atoms with Gasteiger partial charge in [-0.15, -0.1) is 0 Å². The molecule has 6 nitrogen and oxygen atoms in total. The van der Waals surface area contributed by atoms with E-state index in [2.05, 4.69) is 6.92 Å². The molecular formula is C18H40O6P2S. The molecule has 0 saturated heterocycles. The lowest BCUT2D eigenvalue weighted by atomic mass is 10.1. The maximum Gasteiger partial charge on any atom is 0.346 e. The van der Waals surface area contributed by atoms with E-state index >= 15 is 0 Å². The molecule has 27 heavy (non-hydrogen) atoms. The van der Waals surface area contributed by atoms with Crippen LogP contribution in [0.3, 0.4) is 0 Å². The maximum atomic E-state index is 13.4. The molecular weight excluding hydrogens is 406 g/mol. The van der Waals surface area contributed by atoms with Crippen LogP contribution < -0.4 is 0 Å². The highest BCUT2D eigenvalue weighted by Gasteiger charge is 2.50. The smallest absolute Gasteiger partial charge is 0.308 e. The van der Waals surface area contributed by atoms with Crippen molar-refractivity contribution in [3.63, 3.8) is 0 Å². The summed E-state index contributed by atoms with van der Waals surface area (Å²) >= 11 is 1.62. The summed E-state index contributed by atoms with van der Waals surface area (Å²) in [5.41, 5.74) is 0. The summed E-state index contributed by atoms with van der Waals surface area (Å²) in [6.45, 7) is 10.1. The average Bonchev–Trinajstić information content (AvgIpc) is 2.61. The molecule has 0 aliphatic rings. The minimum absolute atomic E-state index is 0.216. The summed E-state index contributed by atoms with van der Waals surface area (Å²) in [5.74, 6) is 1.28. The zero-order chi connectivity index (χ0) is 20.6. The molecule has 0 saturated carbocycles. The molecule has 0 heterocycles. The van der Waals surface area contributed by atoms with Gasteiger partial charge >= 0.3 is 15.2 Å². The van der Waals surface area contributed by atoms with Gasteiger partial charge in [-0.2, -0.15) is 11.8 Å². The lowest BCUT2D eigenvalue weighted by Gasteiger charge is -2.31. The molecule has 164 valence electrons. The fourth-order valence-corrected chi connectivity index (χ4v) is 10.0. The van der Waals surface area contributed by atoms with Gasteiger partial charge in [-0.05, 0) is 39.9 Å². The zero-order valence-corrected chi connectivity index (χ0v) is 20.4. The zero-order valence-electron chi connectivity index (χ0n) is 17.8. The predicted octanol–water partition coefficient (Wildman–Crippen LogP) is 6.94. The van der Waals surface area contributed by atoms with Crippen LogP contribution >= 0.6 is 27.0 Å². The third kappa shape index (κ3) is 10.8. The Balaban J connectivity index is 5.02. The van der Waals surface area contributed by atoms with Crippen LogP contribution in [0.25, 0.3) is 0 Å². The summed E-state index contributed by atoms with van der Waals surface area (Å²) in [5, 5.41) is -0.908. The van der Waals surface area contributed by atoms with Crippen molar-refractivity contribution >= 4 is 27.0 Å². The number of hydrogen-bond donors (Lipinski definition) is 0. The molecule has 0 radical (unpaired) electrons. The number of rotatable bonds is 19. The van der Waals surface area contributed by atoms with Crippen molar-refractivity contribution in [2.45, 2.75) is 78.5 Å². The minimum atomic E-state index is -3.61. The standard InChI is InChI=1S/C18H40O6P2S/c1-6-11-12-13-14-15-16-27-17-18(25(19,21-7-2)22-8-3)26(20,23-9-4)24-10-5/h18H,6-17H2,1-5H3. The highest BCUT2D eigenvalue weighted by molar-refractivity contribution is 8.00. The van der Waals surface area contributed by atoms with Gasteiger partial charge in [-0.3, -0.25) is 9.13 Å². The second-order valence-electron chi connectivity index (χ2n) is 6.07. The number of thioether (sulfide) groups is 1. The van der Waals surface area contributed by atoms with E-state index in [9.17, 15) is 9.13 Å². The van der Waals surface area contributed by atoms with Gasteiger partial charge in [0.05, 0.1) is 26.4 Å². The van der Waals surface area contributed by atoms with E-state index in [0.717, 1.165) is 12.2 Å². The van der Waals surface area contributed by atoms with Crippen LogP contribution in [0.15, 0.2) is 0 Å². The molecule has 0 aliphatic carbocycles. The van der Waals surface area contributed by atoms with Crippen LogP contribution in [0, 0.1) is 0 Å². The van der Waals surface area contributed by atoms with Gasteiger partial charge in [-0.25, -0.2) is 0 Å². The summed E-state index contributed by atoms with van der Waals surface area (Å²) in [6, 6.07) is 0. The first-order chi connectivity index (χ1) is 12.9. The van der Waals surface area contributed by atoms with Crippen molar-refractivity contribution in [2.75, 3.05) is 37.9 Å². The van der Waals surface area contributed by atoms with E-state index < -0.39 is 20.6 Å². The molecule has 0 aromatic rings. The fraction of sp³-hybridized carbons (Fsp3) is 1.00. The van der Waals surface area contributed by atoms with Crippen molar-refractivity contribution in [1.29, 1.82) is 0 Å². The van der Waals surface area contributed by atoms with Crippen molar-refractivity contribution < 1.29 is 27.2 Å². The van der Waals surface area contributed by atoms with Crippen molar-refractivity contribution in [2.24, 2.45) is 0 Å². The van der Waals surface area contributed by atoms with Gasteiger partial charge in [-0.1, -0.05) is 39.0 Å². The summed E-state index contributed by atoms with van der Waals surface area (Å²) in [4.78, 5) is 0. The molecule has 0 fully saturated rings. The quantitative estimate of drug-likeness (QED) is 0.157. The molecule has 0 aromatic carbocycles. The van der Waals surface area contributed by atoms with Crippen molar-refractivity contribution in [1.82, 2.24) is 0 Å². The van der Waals surface area contributed by atoms with E-state index in [4.69, 9.17) is 18.1 Å². The molecule has 0 bridgehead atoms. The molecule has 0 rings (SSSR count). The SMILES string of the molecule is CCCCCCCCSCC(P(=O)(OCC)OCC)P(=O)(OCC)OCC. The van der Waals surface area contributed by atoms with Gasteiger partial charge in [0.25, 0.3) is 0 Å². The minimum Gasteiger partial charge on any atom is -0.308 e. The summed E-state index contributed by atoms with van der Waals surface area (Å²) in [7, 11) is -7.23. The lowest BCUT2D eigenvalue weighted by Crippen LogP contribution is -2.20. The second kappa shape index (κ2) is 16.4. The topological polar surface area (TPSA) is 71.1 Å². The summed E-state index contributed by atoms with van der Waals surface area (Å²) in [6.07, 6.45) is 7.31. The van der Waals surface area contributed by atoms with Crippen molar-refractivity contribution in [3.05, 3.63) is 0 Å². The molecule has 0 spiro atoms. The Bertz CT molecular complexity index is 400. The monoisotopic (exact) mass is 446 g/mol. The van der Waals surface area contributed by atoms with E-state index in [1.54, 1.807) is 39.5 Å². The van der Waals surface area contributed by atoms with Gasteiger partial charge in [0.15, 0.2) is 5.40 Å². The maximum absolute atomic E-state index is 13.4. The van der Waals surface area contributed by atoms with Gasteiger partial charge < -0.3 is 18.1 Å². The Kier molecular flexibility index (Phi) is 16.8. The van der Waals surface area contributed by atoms with E-state index in [1.165, 1.54) is 32.1 Å². The Morgan fingerprint density at radius 1 is 0.667 bits per heavy atom. The Labute approximate surface area is 170 Å². The van der Waals surface area contributed by atoms with Crippen LogP contribution in [-0.2, 0) is 27.2 Å². The predicted molar refractivity (Wildman–Crippen MR) is 116 cm³/mol. The first kappa shape index (κ1) is 27.6. The molecule has 9 heteroatoms. The molecule has 0 unspecified atom stereocenters. The van der Waals surface area contributed by atoms with Crippen LogP contribution in [0.4, 0.5) is 0 Å².